The summed E-state index contributed by atoms with van der Waals surface area (Å²) in [6.07, 6.45) is -4.00. The Hall–Kier alpha value is -2.55. The molecule has 3 rings (SSSR count). The van der Waals surface area contributed by atoms with E-state index in [1.54, 1.807) is 22.9 Å². The van der Waals surface area contributed by atoms with E-state index in [-0.39, 0.29) is 0 Å². The first-order chi connectivity index (χ1) is 12.6. The van der Waals surface area contributed by atoms with Gasteiger partial charge in [0, 0.05) is 0 Å². The molecule has 144 valence electrons. The molecular weight excluding hydrogens is 383 g/mol. The number of rotatable bonds is 4. The fourth-order valence-electron chi connectivity index (χ4n) is 3.28. The molecule has 0 saturated carbocycles. The van der Waals surface area contributed by atoms with E-state index >= 15 is 0 Å². The average Bonchev–Trinajstić information content (AvgIpc) is 3.05. The summed E-state index contributed by atoms with van der Waals surface area (Å²) in [4.78, 5) is 11.6. The van der Waals surface area contributed by atoms with E-state index in [4.69, 9.17) is 4.74 Å². The summed E-state index contributed by atoms with van der Waals surface area (Å²) in [5.74, 6) is -1.05. The first-order valence-corrected chi connectivity index (χ1v) is 9.52. The summed E-state index contributed by atoms with van der Waals surface area (Å²) < 4.78 is 71.2. The first-order valence-electron chi connectivity index (χ1n) is 8.04. The maximum Gasteiger partial charge on any atom is 0.417 e. The number of hydrogen-bond acceptors (Lipinski definition) is 4. The van der Waals surface area contributed by atoms with Gasteiger partial charge in [-0.1, -0.05) is 24.3 Å². The fourth-order valence-corrected chi connectivity index (χ4v) is 4.53. The van der Waals surface area contributed by atoms with Crippen molar-refractivity contribution in [2.45, 2.75) is 29.8 Å². The van der Waals surface area contributed by atoms with Crippen molar-refractivity contribution in [2.75, 3.05) is 7.11 Å². The molecule has 0 radical (unpaired) electrons. The lowest BCUT2D eigenvalue weighted by Gasteiger charge is -2.16. The molecule has 9 heteroatoms. The molecule has 1 aliphatic rings. The van der Waals surface area contributed by atoms with Gasteiger partial charge in [-0.2, -0.15) is 13.2 Å². The number of sulfonamides is 1. The molecule has 0 fully saturated rings. The van der Waals surface area contributed by atoms with Gasteiger partial charge >= 0.3 is 6.18 Å². The van der Waals surface area contributed by atoms with E-state index in [0.717, 1.165) is 17.7 Å². The van der Waals surface area contributed by atoms with Crippen LogP contribution in [0.15, 0.2) is 47.4 Å². The van der Waals surface area contributed by atoms with Gasteiger partial charge < -0.3 is 4.74 Å². The number of benzene rings is 2. The van der Waals surface area contributed by atoms with Crippen molar-refractivity contribution in [3.63, 3.8) is 0 Å². The predicted molar refractivity (Wildman–Crippen MR) is 90.8 cm³/mol. The normalized spacial score (nSPS) is 16.7. The highest BCUT2D eigenvalue weighted by Crippen LogP contribution is 2.39. The smallest absolute Gasteiger partial charge is 0.417 e. The molecule has 1 N–H and O–H groups in total. The van der Waals surface area contributed by atoms with Gasteiger partial charge in [-0.15, -0.1) is 0 Å². The first kappa shape index (κ1) is 19.2. The number of methoxy groups -OCH3 is 1. The Labute approximate surface area is 154 Å². The third kappa shape index (κ3) is 3.64. The number of halogens is 3. The van der Waals surface area contributed by atoms with Crippen LogP contribution in [0.25, 0.3) is 0 Å². The summed E-state index contributed by atoms with van der Waals surface area (Å²) in [6.45, 7) is 0. The second-order valence-corrected chi connectivity index (χ2v) is 7.73. The van der Waals surface area contributed by atoms with Crippen LogP contribution in [0.5, 0.6) is 5.75 Å². The van der Waals surface area contributed by atoms with Gasteiger partial charge in [-0.3, -0.25) is 4.79 Å². The van der Waals surface area contributed by atoms with E-state index in [9.17, 15) is 26.4 Å². The molecule has 5 nitrogen and oxygen atoms in total. The molecule has 1 aliphatic carbocycles. The lowest BCUT2D eigenvalue weighted by atomic mass is 10.0. The SMILES string of the molecule is COc1cccc2c1CCC2C(=O)NS(=O)(=O)c1ccccc1C(F)(F)F. The zero-order valence-corrected chi connectivity index (χ0v) is 15.0. The Kier molecular flexibility index (Phi) is 4.90. The van der Waals surface area contributed by atoms with Crippen LogP contribution in [0.4, 0.5) is 13.2 Å². The van der Waals surface area contributed by atoms with Crippen LogP contribution in [-0.2, 0) is 27.4 Å². The molecular formula is C18H16F3NO4S. The minimum Gasteiger partial charge on any atom is -0.496 e. The van der Waals surface area contributed by atoms with E-state index in [1.165, 1.54) is 13.2 Å². The van der Waals surface area contributed by atoms with E-state index in [2.05, 4.69) is 0 Å². The largest absolute Gasteiger partial charge is 0.496 e. The number of carbonyl (C=O) groups is 1. The molecule has 27 heavy (non-hydrogen) atoms. The van der Waals surface area contributed by atoms with Crippen molar-refractivity contribution in [1.82, 2.24) is 4.72 Å². The number of fused-ring (bicyclic) bond motifs is 1. The van der Waals surface area contributed by atoms with Crippen LogP contribution in [0.2, 0.25) is 0 Å². The predicted octanol–water partition coefficient (Wildman–Crippen LogP) is 3.25. The number of nitrogens with one attached hydrogen (secondary N) is 1. The number of hydrogen-bond donors (Lipinski definition) is 1. The minimum absolute atomic E-state index is 0.345. The molecule has 1 amide bonds. The summed E-state index contributed by atoms with van der Waals surface area (Å²) in [5, 5.41) is 0. The lowest BCUT2D eigenvalue weighted by Crippen LogP contribution is -2.35. The van der Waals surface area contributed by atoms with Gasteiger partial charge in [0.25, 0.3) is 10.0 Å². The van der Waals surface area contributed by atoms with Crippen LogP contribution in [0.1, 0.15) is 29.0 Å². The molecule has 2 aromatic carbocycles. The van der Waals surface area contributed by atoms with Crippen LogP contribution in [-0.4, -0.2) is 21.4 Å². The molecule has 0 aliphatic heterocycles. The van der Waals surface area contributed by atoms with E-state index < -0.39 is 38.5 Å². The summed E-state index contributed by atoms with van der Waals surface area (Å²) >= 11 is 0. The minimum atomic E-state index is -4.86. The van der Waals surface area contributed by atoms with Gasteiger partial charge in [0.05, 0.1) is 23.5 Å². The molecule has 1 atom stereocenters. The summed E-state index contributed by atoms with van der Waals surface area (Å²) in [5.41, 5.74) is 0.0955. The number of carbonyl (C=O) groups excluding carboxylic acids is 1. The maximum absolute atomic E-state index is 13.1. The van der Waals surface area contributed by atoms with Gasteiger partial charge in [0.1, 0.15) is 5.75 Å². The average molecular weight is 399 g/mol. The quantitative estimate of drug-likeness (QED) is 0.857. The Balaban J connectivity index is 1.91. The summed E-state index contributed by atoms with van der Waals surface area (Å²) in [7, 11) is -3.19. The van der Waals surface area contributed by atoms with Crippen LogP contribution < -0.4 is 9.46 Å². The van der Waals surface area contributed by atoms with Crippen molar-refractivity contribution < 1.29 is 31.1 Å². The van der Waals surface area contributed by atoms with Crippen molar-refractivity contribution in [2.24, 2.45) is 0 Å². The maximum atomic E-state index is 13.1. The zero-order valence-electron chi connectivity index (χ0n) is 14.2. The second kappa shape index (κ2) is 6.88. The number of amides is 1. The summed E-state index contributed by atoms with van der Waals surface area (Å²) in [6, 6.07) is 8.84. The van der Waals surface area contributed by atoms with Gasteiger partial charge in [-0.05, 0) is 42.2 Å². The fraction of sp³-hybridized carbons (Fsp3) is 0.278. The highest BCUT2D eigenvalue weighted by atomic mass is 32.2. The second-order valence-electron chi connectivity index (χ2n) is 6.08. The van der Waals surface area contributed by atoms with Gasteiger partial charge in [-0.25, -0.2) is 13.1 Å². The molecule has 0 spiro atoms. The molecule has 1 unspecified atom stereocenters. The Morgan fingerprint density at radius 2 is 1.85 bits per heavy atom. The highest BCUT2D eigenvalue weighted by Gasteiger charge is 2.39. The van der Waals surface area contributed by atoms with E-state index in [0.29, 0.717) is 30.2 Å². The standard InChI is InChI=1S/C18H16F3NO4S/c1-26-15-7-4-5-11-12(15)9-10-13(11)17(23)22-27(24,25)16-8-3-2-6-14(16)18(19,20)21/h2-8,13H,9-10H2,1H3,(H,22,23). The molecule has 0 saturated heterocycles. The number of ether oxygens (including phenoxy) is 1. The molecule has 0 aromatic heterocycles. The molecule has 0 bridgehead atoms. The van der Waals surface area contributed by atoms with Crippen LogP contribution in [0, 0.1) is 0 Å². The lowest BCUT2D eigenvalue weighted by molar-refractivity contribution is -0.140. The monoisotopic (exact) mass is 399 g/mol. The molecule has 2 aromatic rings. The van der Waals surface area contributed by atoms with Crippen molar-refractivity contribution in [3.05, 3.63) is 59.2 Å². The van der Waals surface area contributed by atoms with Crippen molar-refractivity contribution in [1.29, 1.82) is 0 Å². The zero-order chi connectivity index (χ0) is 19.8. The third-order valence-electron chi connectivity index (χ3n) is 4.48. The van der Waals surface area contributed by atoms with Gasteiger partial charge in [0.15, 0.2) is 0 Å². The van der Waals surface area contributed by atoms with Crippen molar-refractivity contribution in [3.8, 4) is 5.75 Å². The van der Waals surface area contributed by atoms with Gasteiger partial charge in [0.2, 0.25) is 5.91 Å². The molecule has 0 heterocycles. The Bertz CT molecular complexity index is 986. The number of alkyl halides is 3. The van der Waals surface area contributed by atoms with Crippen molar-refractivity contribution >= 4 is 15.9 Å². The van der Waals surface area contributed by atoms with E-state index in [1.807, 2.05) is 0 Å². The topological polar surface area (TPSA) is 72.5 Å². The highest BCUT2D eigenvalue weighted by molar-refractivity contribution is 7.90. The third-order valence-corrected chi connectivity index (χ3v) is 5.89. The van der Waals surface area contributed by atoms with Crippen LogP contribution >= 0.6 is 0 Å². The van der Waals surface area contributed by atoms with Crippen LogP contribution in [0.3, 0.4) is 0 Å². The Morgan fingerprint density at radius 3 is 2.52 bits per heavy atom. The Morgan fingerprint density at radius 1 is 1.15 bits per heavy atom.